The summed E-state index contributed by atoms with van der Waals surface area (Å²) in [5.74, 6) is -16.5. The number of aliphatic hydroxyl groups is 9. The predicted octanol–water partition coefficient (Wildman–Crippen LogP) is -2.23. The summed E-state index contributed by atoms with van der Waals surface area (Å²) < 4.78 is 130. The molecular weight excluding hydrogens is 1330 g/mol. The first-order chi connectivity index (χ1) is 46.5. The maximum atomic E-state index is 14.5. The third-order valence-electron chi connectivity index (χ3n) is 17.9. The summed E-state index contributed by atoms with van der Waals surface area (Å²) in [5, 5.41) is 136. The van der Waals surface area contributed by atoms with Gasteiger partial charge in [-0.05, 0) is 63.3 Å². The molecule has 2 aromatic carbocycles. The Morgan fingerprint density at radius 2 is 1.11 bits per heavy atom. The highest BCUT2D eigenvalue weighted by Gasteiger charge is 2.55. The molecule has 542 valence electrons. The number of hydrogen-bond acceptors (Lipinski definition) is 25. The molecule has 4 aromatic rings. The molecule has 0 spiro atoms. The molecule has 0 radical (unpaired) electrons. The van der Waals surface area contributed by atoms with Crippen LogP contribution in [-0.2, 0) is 57.1 Å². The summed E-state index contributed by atoms with van der Waals surface area (Å²) >= 11 is 0. The SMILES string of the molecule is CCCC[C@H](OC1C(NC(C)=O)[C@H](O[C@@H]2CC(C(=O)NCCNC(=O)C3CC(n4cc(-c5cc(F)c(F)c(F)c5)nn4)C(O)[C@H](O[C@@H]4OC(CO)[C@H](O)C(n5cc(-c6cc(F)c(F)c(F)c6)nn5)C4O)C3)CC(NC(C)=O)C2O[C@@H]2OC(C)[C@@H](O)C(O)C2O)OC(CO)[C@@H]1O)C(=O)O. The number of nitrogens with zero attached hydrogens (tertiary/aromatic N) is 6. The zero-order valence-corrected chi connectivity index (χ0v) is 52.9. The topological polar surface area (TPSA) is 462 Å². The fourth-order valence-electron chi connectivity index (χ4n) is 12.8. The van der Waals surface area contributed by atoms with Gasteiger partial charge in [0.1, 0.15) is 90.6 Å². The van der Waals surface area contributed by atoms with Crippen molar-refractivity contribution in [3.63, 3.8) is 0 Å². The van der Waals surface area contributed by atoms with E-state index in [-0.39, 0.29) is 61.3 Å². The molecule has 5 aliphatic rings. The lowest BCUT2D eigenvalue weighted by molar-refractivity contribution is -0.335. The normalized spacial score (nSPS) is 33.9. The summed E-state index contributed by atoms with van der Waals surface area (Å²) in [4.78, 5) is 67.2. The molecule has 2 aromatic heterocycles. The van der Waals surface area contributed by atoms with E-state index in [9.17, 15) is 101 Å². The first-order valence-corrected chi connectivity index (χ1v) is 31.5. The van der Waals surface area contributed by atoms with Crippen molar-refractivity contribution >= 4 is 29.6 Å². The van der Waals surface area contributed by atoms with Crippen molar-refractivity contribution in [2.45, 2.75) is 207 Å². The van der Waals surface area contributed by atoms with Gasteiger partial charge in [0.25, 0.3) is 0 Å². The van der Waals surface area contributed by atoms with Crippen molar-refractivity contribution in [3.05, 3.63) is 71.6 Å². The van der Waals surface area contributed by atoms with Crippen LogP contribution >= 0.6 is 0 Å². The number of halogens is 6. The molecular formula is C60H78F6N10O22. The van der Waals surface area contributed by atoms with Crippen molar-refractivity contribution in [2.75, 3.05) is 26.3 Å². The Labute approximate surface area is 553 Å². The van der Waals surface area contributed by atoms with Gasteiger partial charge >= 0.3 is 5.97 Å². The lowest BCUT2D eigenvalue weighted by Gasteiger charge is -2.49. The Hall–Kier alpha value is -6.99. The Bertz CT molecular complexity index is 3400. The van der Waals surface area contributed by atoms with Gasteiger partial charge in [-0.25, -0.2) is 40.5 Å². The molecule has 3 aliphatic heterocycles. The fraction of sp³-hybridized carbons (Fsp3) is 0.650. The molecule has 5 fully saturated rings. The minimum Gasteiger partial charge on any atom is -0.479 e. The number of carboxylic acids is 1. The van der Waals surface area contributed by atoms with E-state index < -0.39 is 231 Å². The van der Waals surface area contributed by atoms with Gasteiger partial charge in [0.15, 0.2) is 59.9 Å². The number of carbonyl (C=O) groups excluding carboxylic acids is 4. The lowest BCUT2D eigenvalue weighted by Crippen LogP contribution is -2.68. The Morgan fingerprint density at radius 3 is 1.66 bits per heavy atom. The number of aliphatic hydroxyl groups excluding tert-OH is 9. The summed E-state index contributed by atoms with van der Waals surface area (Å²) in [7, 11) is 0. The monoisotopic (exact) mass is 1400 g/mol. The van der Waals surface area contributed by atoms with Crippen LogP contribution in [0.3, 0.4) is 0 Å². The molecule has 24 atom stereocenters. The van der Waals surface area contributed by atoms with Gasteiger partial charge in [0.05, 0.1) is 56.0 Å². The highest BCUT2D eigenvalue weighted by Crippen LogP contribution is 2.41. The van der Waals surface area contributed by atoms with Crippen LogP contribution < -0.4 is 21.3 Å². The molecule has 38 heteroatoms. The van der Waals surface area contributed by atoms with E-state index in [0.717, 1.165) is 35.6 Å². The standard InChI is InChI=1S/C60H78F6N10O22/c1-5-6-7-37(57(90)91)93-54-44(70-24(4)80)58(96-41(21-78)49(54)84)95-39-17-27(14-33(69-23(3)79)53(39)98-60-52(87)51(86)46(81)22(2)92-60)55(88)67-8-9-68-56(89)28-15-36(75-18-34(71-73-75)25-10-29(61)42(65)30(62)11-25)47(82)38(16-28)94-59-50(85)45(48(83)40(20-77)97-59)76-19-35(72-74-76)26-12-31(63)43(66)32(64)13-26/h10-13,18-19,22,27-28,33,36-41,44-54,58-60,77-78,81-87H,5-9,14-17,20-21H2,1-4H3,(H,67,88)(H,68,89)(H,69,79)(H,70,80)(H,90,91)/t22?,27?,28?,33?,36?,37-,38+,39+,40?,41?,44?,45?,46+,47?,48-,49-,50?,51?,52?,53?,54?,58+,59+,60-/m0/s1. The zero-order chi connectivity index (χ0) is 71.3. The first kappa shape index (κ1) is 75.2. The van der Waals surface area contributed by atoms with Crippen LogP contribution in [0.1, 0.15) is 84.7 Å². The molecule has 0 bridgehead atoms. The second-order valence-electron chi connectivity index (χ2n) is 24.8. The van der Waals surface area contributed by atoms with Crippen LogP contribution in [0.2, 0.25) is 0 Å². The van der Waals surface area contributed by atoms with Crippen molar-refractivity contribution in [3.8, 4) is 22.5 Å². The van der Waals surface area contributed by atoms with E-state index in [1.807, 2.05) is 0 Å². The van der Waals surface area contributed by atoms with Crippen LogP contribution in [0.15, 0.2) is 36.7 Å². The van der Waals surface area contributed by atoms with Crippen LogP contribution in [0, 0.1) is 46.7 Å². The molecule has 9 rings (SSSR count). The third-order valence-corrected chi connectivity index (χ3v) is 17.9. The summed E-state index contributed by atoms with van der Waals surface area (Å²) in [6, 6.07) is -3.29. The third kappa shape index (κ3) is 16.9. The number of benzene rings is 2. The first-order valence-electron chi connectivity index (χ1n) is 31.5. The van der Waals surface area contributed by atoms with Gasteiger partial charge in [-0.2, -0.15) is 0 Å². The van der Waals surface area contributed by atoms with Gasteiger partial charge in [-0.15, -0.1) is 10.2 Å². The number of carbonyl (C=O) groups is 5. The average molecular weight is 1410 g/mol. The molecule has 4 amide bonds. The van der Waals surface area contributed by atoms with Crippen LogP contribution in [0.25, 0.3) is 22.5 Å². The highest BCUT2D eigenvalue weighted by atomic mass is 19.2. The van der Waals surface area contributed by atoms with Crippen LogP contribution in [0.4, 0.5) is 26.3 Å². The summed E-state index contributed by atoms with van der Waals surface area (Å²) in [6.45, 7) is 2.90. The van der Waals surface area contributed by atoms with Gasteiger partial charge < -0.3 is 105 Å². The minimum atomic E-state index is -1.99. The molecule has 98 heavy (non-hydrogen) atoms. The molecule has 2 aliphatic carbocycles. The van der Waals surface area contributed by atoms with Gasteiger partial charge in [-0.3, -0.25) is 19.2 Å². The number of aromatic nitrogens is 6. The number of ether oxygens (including phenoxy) is 7. The molecule has 3 saturated heterocycles. The average Bonchev–Trinajstić information content (AvgIpc) is 1.25. The predicted molar refractivity (Wildman–Crippen MR) is 314 cm³/mol. The number of carboxylic acid groups (broad SMARTS) is 1. The van der Waals surface area contributed by atoms with E-state index >= 15 is 0 Å². The van der Waals surface area contributed by atoms with Gasteiger partial charge in [-0.1, -0.05) is 30.2 Å². The highest BCUT2D eigenvalue weighted by molar-refractivity contribution is 5.80. The van der Waals surface area contributed by atoms with E-state index in [0.29, 0.717) is 37.1 Å². The Kier molecular flexibility index (Phi) is 25.0. The zero-order valence-electron chi connectivity index (χ0n) is 52.9. The second kappa shape index (κ2) is 32.6. The minimum absolute atomic E-state index is 0.0411. The maximum absolute atomic E-state index is 14.5. The van der Waals surface area contributed by atoms with E-state index in [4.69, 9.17) is 33.2 Å². The summed E-state index contributed by atoms with van der Waals surface area (Å²) in [6.07, 6.45) is -28.4. The largest absolute Gasteiger partial charge is 0.479 e. The van der Waals surface area contributed by atoms with Crippen molar-refractivity contribution in [1.82, 2.24) is 51.3 Å². The molecule has 32 nitrogen and oxygen atoms in total. The molecule has 2 saturated carbocycles. The number of hydrogen-bond donors (Lipinski definition) is 14. The Morgan fingerprint density at radius 1 is 0.602 bits per heavy atom. The van der Waals surface area contributed by atoms with Crippen molar-refractivity contribution in [2.24, 2.45) is 11.8 Å². The summed E-state index contributed by atoms with van der Waals surface area (Å²) in [5.41, 5.74) is -1.07. The molecule has 5 heterocycles. The molecule has 14 N–H and O–H groups in total. The quantitative estimate of drug-likeness (QED) is 0.0190. The van der Waals surface area contributed by atoms with E-state index in [1.54, 1.807) is 6.92 Å². The van der Waals surface area contributed by atoms with E-state index in [2.05, 4.69) is 41.9 Å². The number of amides is 4. The van der Waals surface area contributed by atoms with E-state index in [1.165, 1.54) is 6.92 Å². The number of unbranched alkanes of at least 4 members (excludes halogenated alkanes) is 1. The number of rotatable bonds is 25. The van der Waals surface area contributed by atoms with Crippen LogP contribution in [0.5, 0.6) is 0 Å². The van der Waals surface area contributed by atoms with Gasteiger partial charge in [0.2, 0.25) is 23.6 Å². The fourth-order valence-corrected chi connectivity index (χ4v) is 12.8. The Balaban J connectivity index is 0.948. The van der Waals surface area contributed by atoms with Crippen molar-refractivity contribution in [1.29, 1.82) is 0 Å². The maximum Gasteiger partial charge on any atom is 0.332 e. The molecule has 15 unspecified atom stereocenters. The van der Waals surface area contributed by atoms with Crippen LogP contribution in [-0.4, -0.2) is 259 Å². The lowest BCUT2D eigenvalue weighted by atomic mass is 9.80. The number of nitrogens with one attached hydrogen (secondary N) is 4. The number of aliphatic carboxylic acids is 1. The second-order valence-corrected chi connectivity index (χ2v) is 24.8. The van der Waals surface area contributed by atoms with Crippen molar-refractivity contribution < 1.29 is 135 Å². The smallest absolute Gasteiger partial charge is 0.332 e. The van der Waals surface area contributed by atoms with Gasteiger partial charge in [0, 0.05) is 49.9 Å².